The molecule has 0 bridgehead atoms. The number of H-pyrrole nitrogens is 1. The van der Waals surface area contributed by atoms with Gasteiger partial charge >= 0.3 is 0 Å². The van der Waals surface area contributed by atoms with Crippen LogP contribution in [0.15, 0.2) is 36.5 Å². The van der Waals surface area contributed by atoms with Crippen molar-refractivity contribution in [3.63, 3.8) is 0 Å². The summed E-state index contributed by atoms with van der Waals surface area (Å²) >= 11 is 0. The third-order valence-electron chi connectivity index (χ3n) is 9.22. The van der Waals surface area contributed by atoms with E-state index in [-0.39, 0.29) is 34.9 Å². The molecule has 220 valence electrons. The van der Waals surface area contributed by atoms with Crippen molar-refractivity contribution in [1.29, 1.82) is 0 Å². The molecular weight excluding hydrogens is 519 g/mol. The number of piperidine rings is 1. The number of nitrogens with zero attached hydrogens (tertiary/aromatic N) is 4. The van der Waals surface area contributed by atoms with Gasteiger partial charge < -0.3 is 15.2 Å². The Morgan fingerprint density at radius 2 is 1.88 bits per heavy atom. The highest BCUT2D eigenvalue weighted by atomic mass is 19.1. The van der Waals surface area contributed by atoms with Crippen molar-refractivity contribution in [2.45, 2.75) is 77.7 Å². The Kier molecular flexibility index (Phi) is 9.02. The van der Waals surface area contributed by atoms with E-state index in [1.54, 1.807) is 23.0 Å². The largest absolute Gasteiger partial charge is 0.347 e. The lowest BCUT2D eigenvalue weighted by atomic mass is 9.90. The molecule has 1 unspecified atom stereocenters. The number of hydrogen-bond acceptors (Lipinski definition) is 5. The van der Waals surface area contributed by atoms with Gasteiger partial charge in [0.05, 0.1) is 23.1 Å². The molecule has 5 rings (SSSR count). The molecule has 3 heterocycles. The van der Waals surface area contributed by atoms with Gasteiger partial charge in [-0.15, -0.1) is 0 Å². The highest BCUT2D eigenvalue weighted by Gasteiger charge is 2.58. The summed E-state index contributed by atoms with van der Waals surface area (Å²) in [7, 11) is 1.88. The first-order valence-electron chi connectivity index (χ1n) is 15.2. The quantitative estimate of drug-likeness (QED) is 0.256. The molecular formula is C32H43FN6O2. The van der Waals surface area contributed by atoms with Gasteiger partial charge in [0.15, 0.2) is 0 Å². The lowest BCUT2D eigenvalue weighted by molar-refractivity contribution is -0.124. The van der Waals surface area contributed by atoms with E-state index in [1.165, 1.54) is 12.1 Å². The summed E-state index contributed by atoms with van der Waals surface area (Å²) < 4.78 is 15.5. The predicted octanol–water partition coefficient (Wildman–Crippen LogP) is 5.83. The molecule has 1 aliphatic carbocycles. The summed E-state index contributed by atoms with van der Waals surface area (Å²) in [5.41, 5.74) is 3.34. The Hall–Kier alpha value is -3.33. The molecule has 41 heavy (non-hydrogen) atoms. The maximum Gasteiger partial charge on any atom is 0.224 e. The standard InChI is InChI=1S/C32H43FN6O2/c1-4-24(40)9-7-6-8-10-26(35-31(41)25-21-32(25)16-19-39(5-2)20-17-32)28-29(27-15-18-34-38(27)3)37-30(36-28)22-11-13-23(33)14-12-22/h11-15,18,25-26H,4-10,16-17,19-21H2,1-3H3,(H,35,41)(H,36,37)/t25?,26-/m0/s1. The number of Topliss-reactive ketones (excluding diaryl/α,β-unsaturated/α-hetero) is 1. The van der Waals surface area contributed by atoms with Crippen LogP contribution in [0.4, 0.5) is 4.39 Å². The average Bonchev–Trinajstić information content (AvgIpc) is 3.27. The van der Waals surface area contributed by atoms with Gasteiger partial charge in [0, 0.05) is 37.6 Å². The van der Waals surface area contributed by atoms with Crippen molar-refractivity contribution in [3.8, 4) is 22.8 Å². The second-order valence-corrected chi connectivity index (χ2v) is 11.8. The van der Waals surface area contributed by atoms with Crippen LogP contribution in [0.3, 0.4) is 0 Å². The van der Waals surface area contributed by atoms with E-state index in [0.717, 1.165) is 80.8 Å². The number of aromatic amines is 1. The Labute approximate surface area is 242 Å². The molecule has 9 heteroatoms. The van der Waals surface area contributed by atoms with Gasteiger partial charge in [0.1, 0.15) is 17.4 Å². The van der Waals surface area contributed by atoms with E-state index >= 15 is 0 Å². The number of aryl methyl sites for hydroxylation is 1. The van der Waals surface area contributed by atoms with Gasteiger partial charge in [-0.1, -0.05) is 26.7 Å². The minimum absolute atomic E-state index is 0.0434. The molecule has 3 aromatic rings. The van der Waals surface area contributed by atoms with Crippen molar-refractivity contribution in [2.75, 3.05) is 19.6 Å². The van der Waals surface area contributed by atoms with Gasteiger partial charge in [-0.3, -0.25) is 14.3 Å². The van der Waals surface area contributed by atoms with E-state index in [2.05, 4.69) is 27.2 Å². The van der Waals surface area contributed by atoms with Crippen molar-refractivity contribution in [3.05, 3.63) is 48.0 Å². The van der Waals surface area contributed by atoms with Crippen molar-refractivity contribution in [1.82, 2.24) is 30.0 Å². The molecule has 1 saturated heterocycles. The third-order valence-corrected chi connectivity index (χ3v) is 9.22. The van der Waals surface area contributed by atoms with Crippen LogP contribution in [0.5, 0.6) is 0 Å². The Morgan fingerprint density at radius 1 is 1.12 bits per heavy atom. The normalized spacial score (nSPS) is 18.9. The maximum atomic E-state index is 13.7. The van der Waals surface area contributed by atoms with Crippen molar-refractivity contribution >= 4 is 11.7 Å². The number of rotatable bonds is 13. The molecule has 8 nitrogen and oxygen atoms in total. The van der Waals surface area contributed by atoms with Gasteiger partial charge in [0.25, 0.3) is 0 Å². The zero-order valence-electron chi connectivity index (χ0n) is 24.6. The number of halogens is 1. The summed E-state index contributed by atoms with van der Waals surface area (Å²) in [6, 6.07) is 7.90. The van der Waals surface area contributed by atoms with Gasteiger partial charge in [-0.05, 0) is 87.5 Å². The lowest BCUT2D eigenvalue weighted by Crippen LogP contribution is -2.37. The number of nitrogens with one attached hydrogen (secondary N) is 2. The molecule has 1 saturated carbocycles. The Morgan fingerprint density at radius 3 is 2.54 bits per heavy atom. The summed E-state index contributed by atoms with van der Waals surface area (Å²) in [5, 5.41) is 7.77. The van der Waals surface area contributed by atoms with Crippen LogP contribution in [0.2, 0.25) is 0 Å². The van der Waals surface area contributed by atoms with E-state index in [9.17, 15) is 14.0 Å². The summed E-state index contributed by atoms with van der Waals surface area (Å²) in [6.45, 7) is 7.28. The van der Waals surface area contributed by atoms with Crippen molar-refractivity contribution < 1.29 is 14.0 Å². The minimum atomic E-state index is -0.304. The van der Waals surface area contributed by atoms with Crippen molar-refractivity contribution in [2.24, 2.45) is 18.4 Å². The van der Waals surface area contributed by atoms with Crippen LogP contribution in [-0.4, -0.2) is 56.0 Å². The SMILES string of the molecule is CCC(=O)CCCCC[C@H](NC(=O)C1CC12CCN(CC)CC2)c1nc(-c2ccc(F)cc2)[nH]c1-c1ccnn1C. The minimum Gasteiger partial charge on any atom is -0.347 e. The number of carbonyl (C=O) groups excluding carboxylic acids is 2. The zero-order chi connectivity index (χ0) is 29.0. The first-order valence-corrected chi connectivity index (χ1v) is 15.2. The van der Waals surface area contributed by atoms with Gasteiger partial charge in [0.2, 0.25) is 5.91 Å². The molecule has 2 aromatic heterocycles. The molecule has 2 atom stereocenters. The van der Waals surface area contributed by atoms with E-state index in [4.69, 9.17) is 4.98 Å². The zero-order valence-corrected chi connectivity index (χ0v) is 24.6. The predicted molar refractivity (Wildman–Crippen MR) is 157 cm³/mol. The number of hydrogen-bond donors (Lipinski definition) is 2. The molecule has 1 spiro atoms. The third kappa shape index (κ3) is 6.61. The fourth-order valence-corrected chi connectivity index (χ4v) is 6.36. The molecule has 1 amide bonds. The summed E-state index contributed by atoms with van der Waals surface area (Å²) in [5.74, 6) is 0.768. The smallest absolute Gasteiger partial charge is 0.224 e. The fraction of sp³-hybridized carbons (Fsp3) is 0.562. The molecule has 1 aromatic carbocycles. The molecule has 1 aliphatic heterocycles. The number of likely N-dealkylation sites (tertiary alicyclic amines) is 1. The molecule has 0 radical (unpaired) electrons. The highest BCUT2D eigenvalue weighted by Crippen LogP contribution is 2.59. The average molecular weight is 563 g/mol. The van der Waals surface area contributed by atoms with Crippen LogP contribution < -0.4 is 5.32 Å². The molecule has 2 N–H and O–H groups in total. The second kappa shape index (κ2) is 12.7. The maximum absolute atomic E-state index is 13.7. The number of ketones is 1. The Bertz CT molecular complexity index is 1340. The highest BCUT2D eigenvalue weighted by molar-refractivity contribution is 5.83. The van der Waals surface area contributed by atoms with Crippen LogP contribution in [0.1, 0.15) is 83.4 Å². The number of carbonyl (C=O) groups is 2. The monoisotopic (exact) mass is 562 g/mol. The second-order valence-electron chi connectivity index (χ2n) is 11.8. The number of unbranched alkanes of at least 4 members (excludes halogenated alkanes) is 2. The lowest BCUT2D eigenvalue weighted by Gasteiger charge is -2.32. The Balaban J connectivity index is 1.40. The summed E-state index contributed by atoms with van der Waals surface area (Å²) in [6.07, 6.45) is 9.37. The number of imidazole rings is 1. The first-order chi connectivity index (χ1) is 19.8. The van der Waals surface area contributed by atoms with Gasteiger partial charge in [-0.2, -0.15) is 5.10 Å². The molecule has 2 fully saturated rings. The van der Waals surface area contributed by atoms with Crippen LogP contribution in [-0.2, 0) is 16.6 Å². The first kappa shape index (κ1) is 29.2. The van der Waals surface area contributed by atoms with Crippen LogP contribution in [0.25, 0.3) is 22.8 Å². The molecule has 2 aliphatic rings. The van der Waals surface area contributed by atoms with Gasteiger partial charge in [-0.25, -0.2) is 9.37 Å². The van der Waals surface area contributed by atoms with E-state index < -0.39 is 0 Å². The van der Waals surface area contributed by atoms with Crippen LogP contribution in [0, 0.1) is 17.2 Å². The fourth-order valence-electron chi connectivity index (χ4n) is 6.36. The van der Waals surface area contributed by atoms with E-state index in [1.807, 2.05) is 20.0 Å². The van der Waals surface area contributed by atoms with E-state index in [0.29, 0.717) is 25.1 Å². The summed E-state index contributed by atoms with van der Waals surface area (Å²) in [4.78, 5) is 36.5. The topological polar surface area (TPSA) is 95.9 Å². The van der Waals surface area contributed by atoms with Crippen LogP contribution >= 0.6 is 0 Å². The number of aromatic nitrogens is 4. The number of benzene rings is 1. The number of amides is 1.